The van der Waals surface area contributed by atoms with Crippen molar-refractivity contribution in [1.82, 2.24) is 0 Å². The Morgan fingerprint density at radius 3 is 2.50 bits per heavy atom. The van der Waals surface area contributed by atoms with Crippen molar-refractivity contribution in [3.63, 3.8) is 0 Å². The molecule has 0 N–H and O–H groups in total. The van der Waals surface area contributed by atoms with Gasteiger partial charge in [0.1, 0.15) is 23.9 Å². The van der Waals surface area contributed by atoms with Crippen molar-refractivity contribution in [2.75, 3.05) is 7.11 Å². The zero-order valence-electron chi connectivity index (χ0n) is 10.8. The van der Waals surface area contributed by atoms with Crippen LogP contribution in [0, 0.1) is 5.82 Å². The molecule has 2 nitrogen and oxygen atoms in total. The topological polar surface area (TPSA) is 18.5 Å². The molecule has 2 aromatic carbocycles. The Morgan fingerprint density at radius 2 is 1.80 bits per heavy atom. The van der Waals surface area contributed by atoms with E-state index in [2.05, 4.69) is 0 Å². The molecule has 0 amide bonds. The zero-order valence-corrected chi connectivity index (χ0v) is 12.3. The summed E-state index contributed by atoms with van der Waals surface area (Å²) in [6.07, 6.45) is 0. The lowest BCUT2D eigenvalue weighted by Crippen LogP contribution is -2.00. The number of halogens is 3. The fourth-order valence-corrected chi connectivity index (χ4v) is 2.21. The van der Waals surface area contributed by atoms with Crippen molar-refractivity contribution >= 4 is 23.2 Å². The minimum absolute atomic E-state index is 0.180. The molecule has 0 saturated heterocycles. The largest absolute Gasteiger partial charge is 0.496 e. The highest BCUT2D eigenvalue weighted by Crippen LogP contribution is 2.26. The molecule has 0 atom stereocenters. The van der Waals surface area contributed by atoms with Gasteiger partial charge in [0.25, 0.3) is 0 Å². The summed E-state index contributed by atoms with van der Waals surface area (Å²) in [7, 11) is 1.58. The van der Waals surface area contributed by atoms with Gasteiger partial charge in [-0.3, -0.25) is 0 Å². The summed E-state index contributed by atoms with van der Waals surface area (Å²) in [4.78, 5) is 0. The van der Waals surface area contributed by atoms with E-state index in [1.807, 2.05) is 0 Å². The van der Waals surface area contributed by atoms with Crippen LogP contribution in [-0.4, -0.2) is 7.11 Å². The van der Waals surface area contributed by atoms with Crippen LogP contribution in [0.3, 0.4) is 0 Å². The van der Waals surface area contributed by atoms with E-state index in [-0.39, 0.29) is 18.3 Å². The first-order valence-electron chi connectivity index (χ1n) is 5.93. The average molecular weight is 315 g/mol. The maximum Gasteiger partial charge on any atom is 0.125 e. The summed E-state index contributed by atoms with van der Waals surface area (Å²) in [5.41, 5.74) is 1.41. The van der Waals surface area contributed by atoms with E-state index in [1.54, 1.807) is 31.4 Å². The summed E-state index contributed by atoms with van der Waals surface area (Å²) in [5, 5.41) is 0.598. The van der Waals surface area contributed by atoms with Crippen LogP contribution >= 0.6 is 23.2 Å². The summed E-state index contributed by atoms with van der Waals surface area (Å²) in [5.74, 6) is 1.07. The van der Waals surface area contributed by atoms with Gasteiger partial charge >= 0.3 is 0 Å². The van der Waals surface area contributed by atoms with Crippen molar-refractivity contribution in [3.8, 4) is 11.5 Å². The summed E-state index contributed by atoms with van der Waals surface area (Å²) in [6.45, 7) is 0.263. The SMILES string of the molecule is COc1ccc(Cl)cc1COc1ccc(F)cc1CCl. The molecule has 20 heavy (non-hydrogen) atoms. The van der Waals surface area contributed by atoms with Crippen LogP contribution in [0.4, 0.5) is 4.39 Å². The lowest BCUT2D eigenvalue weighted by molar-refractivity contribution is 0.294. The fourth-order valence-electron chi connectivity index (χ4n) is 1.81. The van der Waals surface area contributed by atoms with Gasteiger partial charge < -0.3 is 9.47 Å². The van der Waals surface area contributed by atoms with Gasteiger partial charge in [-0.2, -0.15) is 0 Å². The first-order valence-corrected chi connectivity index (χ1v) is 6.85. The molecule has 2 rings (SSSR count). The maximum absolute atomic E-state index is 13.1. The first-order chi connectivity index (χ1) is 9.63. The normalized spacial score (nSPS) is 10.4. The third kappa shape index (κ3) is 3.56. The molecule has 0 unspecified atom stereocenters. The van der Waals surface area contributed by atoms with Crippen molar-refractivity contribution in [3.05, 3.63) is 58.4 Å². The molecule has 0 fully saturated rings. The molecule has 0 aliphatic carbocycles. The lowest BCUT2D eigenvalue weighted by Gasteiger charge is -2.13. The monoisotopic (exact) mass is 314 g/mol. The molecular weight excluding hydrogens is 302 g/mol. The Hall–Kier alpha value is -1.45. The van der Waals surface area contributed by atoms with Crippen molar-refractivity contribution in [2.24, 2.45) is 0 Å². The number of ether oxygens (including phenoxy) is 2. The van der Waals surface area contributed by atoms with Gasteiger partial charge in [-0.25, -0.2) is 4.39 Å². The van der Waals surface area contributed by atoms with Crippen LogP contribution in [0.15, 0.2) is 36.4 Å². The van der Waals surface area contributed by atoms with Crippen molar-refractivity contribution in [1.29, 1.82) is 0 Å². The minimum atomic E-state index is -0.340. The van der Waals surface area contributed by atoms with E-state index in [0.717, 1.165) is 5.56 Å². The van der Waals surface area contributed by atoms with Crippen LogP contribution in [0.25, 0.3) is 0 Å². The van der Waals surface area contributed by atoms with Crippen LogP contribution in [0.1, 0.15) is 11.1 Å². The number of rotatable bonds is 5. The standard InChI is InChI=1S/C15H13Cl2FO2/c1-19-14-4-2-12(17)6-11(14)9-20-15-5-3-13(18)7-10(15)8-16/h2-7H,8-9H2,1H3. The van der Waals surface area contributed by atoms with Gasteiger partial charge in [0.2, 0.25) is 0 Å². The van der Waals surface area contributed by atoms with Crippen molar-refractivity contribution < 1.29 is 13.9 Å². The Labute approximate surface area is 127 Å². The Balaban J connectivity index is 2.18. The van der Waals surface area contributed by atoms with Gasteiger partial charge in [0, 0.05) is 16.1 Å². The van der Waals surface area contributed by atoms with Gasteiger partial charge in [0.05, 0.1) is 13.0 Å². The zero-order chi connectivity index (χ0) is 14.5. The highest BCUT2D eigenvalue weighted by Gasteiger charge is 2.08. The predicted octanol–water partition coefficient (Wildman–Crippen LogP) is 4.81. The number of methoxy groups -OCH3 is 1. The maximum atomic E-state index is 13.1. The van der Waals surface area contributed by atoms with Gasteiger partial charge in [0.15, 0.2) is 0 Å². The second-order valence-electron chi connectivity index (χ2n) is 4.13. The van der Waals surface area contributed by atoms with E-state index in [9.17, 15) is 4.39 Å². The van der Waals surface area contributed by atoms with E-state index < -0.39 is 0 Å². The van der Waals surface area contributed by atoms with Crippen LogP contribution in [0.2, 0.25) is 5.02 Å². The smallest absolute Gasteiger partial charge is 0.125 e. The number of hydrogen-bond acceptors (Lipinski definition) is 2. The van der Waals surface area contributed by atoms with Gasteiger partial charge in [-0.05, 0) is 36.4 Å². The summed E-state index contributed by atoms with van der Waals surface area (Å²) >= 11 is 11.7. The number of benzene rings is 2. The molecule has 0 heterocycles. The second kappa shape index (κ2) is 6.82. The number of hydrogen-bond donors (Lipinski definition) is 0. The molecule has 5 heteroatoms. The van der Waals surface area contributed by atoms with Gasteiger partial charge in [-0.15, -0.1) is 11.6 Å². The molecule has 106 valence electrons. The van der Waals surface area contributed by atoms with E-state index in [1.165, 1.54) is 12.1 Å². The highest BCUT2D eigenvalue weighted by molar-refractivity contribution is 6.30. The molecule has 2 aromatic rings. The third-order valence-electron chi connectivity index (χ3n) is 2.79. The molecule has 0 aliphatic heterocycles. The van der Waals surface area contributed by atoms with E-state index in [0.29, 0.717) is 22.1 Å². The molecular formula is C15H13Cl2FO2. The Kier molecular flexibility index (Phi) is 5.10. The molecule has 0 bridgehead atoms. The van der Waals surface area contributed by atoms with Crippen LogP contribution in [0.5, 0.6) is 11.5 Å². The van der Waals surface area contributed by atoms with Crippen LogP contribution in [-0.2, 0) is 12.5 Å². The number of alkyl halides is 1. The molecule has 0 aromatic heterocycles. The highest BCUT2D eigenvalue weighted by atomic mass is 35.5. The van der Waals surface area contributed by atoms with Gasteiger partial charge in [-0.1, -0.05) is 11.6 Å². The first kappa shape index (κ1) is 14.9. The Bertz CT molecular complexity index is 602. The third-order valence-corrected chi connectivity index (χ3v) is 3.32. The van der Waals surface area contributed by atoms with Crippen molar-refractivity contribution in [2.45, 2.75) is 12.5 Å². The molecule has 0 spiro atoms. The lowest BCUT2D eigenvalue weighted by atomic mass is 10.2. The fraction of sp³-hybridized carbons (Fsp3) is 0.200. The van der Waals surface area contributed by atoms with Crippen LogP contribution < -0.4 is 9.47 Å². The van der Waals surface area contributed by atoms with E-state index >= 15 is 0 Å². The minimum Gasteiger partial charge on any atom is -0.496 e. The predicted molar refractivity (Wildman–Crippen MR) is 78.3 cm³/mol. The quantitative estimate of drug-likeness (QED) is 0.738. The average Bonchev–Trinajstić information content (AvgIpc) is 2.46. The molecule has 0 aliphatic rings. The summed E-state index contributed by atoms with van der Waals surface area (Å²) < 4.78 is 24.0. The molecule has 0 radical (unpaired) electrons. The second-order valence-corrected chi connectivity index (χ2v) is 4.83. The van der Waals surface area contributed by atoms with E-state index in [4.69, 9.17) is 32.7 Å². The Morgan fingerprint density at radius 1 is 1.05 bits per heavy atom. The molecule has 0 saturated carbocycles. The summed E-state index contributed by atoms with van der Waals surface area (Å²) in [6, 6.07) is 9.53.